The van der Waals surface area contributed by atoms with E-state index in [4.69, 9.17) is 16.3 Å². The molecule has 0 aliphatic carbocycles. The van der Waals surface area contributed by atoms with E-state index in [0.29, 0.717) is 13.0 Å². The van der Waals surface area contributed by atoms with Crippen molar-refractivity contribution in [1.82, 2.24) is 26.8 Å². The first-order valence-electron chi connectivity index (χ1n) is 9.89. The minimum Gasteiger partial charge on any atom is -0.383 e. The number of hydrogen-bond donors (Lipinski definition) is 5. The van der Waals surface area contributed by atoms with Crippen molar-refractivity contribution >= 4 is 17.5 Å². The van der Waals surface area contributed by atoms with Gasteiger partial charge in [0, 0.05) is 24.8 Å². The minimum absolute atomic E-state index is 0.0313. The fourth-order valence-corrected chi connectivity index (χ4v) is 3.46. The summed E-state index contributed by atoms with van der Waals surface area (Å²) >= 11 is 5.70. The molecule has 0 spiro atoms. The van der Waals surface area contributed by atoms with Crippen molar-refractivity contribution in [3.63, 3.8) is 0 Å². The molecule has 168 valence electrons. The van der Waals surface area contributed by atoms with Crippen LogP contribution in [0.2, 0.25) is 5.02 Å². The Morgan fingerprint density at radius 1 is 1.23 bits per heavy atom. The molecule has 1 aliphatic heterocycles. The quantitative estimate of drug-likeness (QED) is 0.375. The summed E-state index contributed by atoms with van der Waals surface area (Å²) < 4.78 is 32.1. The zero-order valence-corrected chi connectivity index (χ0v) is 18.0. The van der Waals surface area contributed by atoms with Gasteiger partial charge in [-0.25, -0.2) is 19.6 Å². The summed E-state index contributed by atoms with van der Waals surface area (Å²) in [6.45, 7) is 2.34. The van der Waals surface area contributed by atoms with Crippen molar-refractivity contribution in [3.05, 3.63) is 70.2 Å². The van der Waals surface area contributed by atoms with Crippen LogP contribution in [-0.2, 0) is 4.74 Å². The molecule has 1 saturated heterocycles. The second-order valence-corrected chi connectivity index (χ2v) is 7.81. The zero-order chi connectivity index (χ0) is 22.4. The fraction of sp³-hybridized carbons (Fsp3) is 0.381. The van der Waals surface area contributed by atoms with Gasteiger partial charge in [0.25, 0.3) is 5.91 Å². The van der Waals surface area contributed by atoms with Gasteiger partial charge in [0.15, 0.2) is 0 Å². The topological polar surface area (TPSA) is 86.5 Å². The van der Waals surface area contributed by atoms with Crippen molar-refractivity contribution in [3.8, 4) is 0 Å². The van der Waals surface area contributed by atoms with Gasteiger partial charge in [-0.15, -0.1) is 0 Å². The number of ether oxygens (including phenoxy) is 1. The largest absolute Gasteiger partial charge is 0.383 e. The number of halogens is 3. The molecule has 1 aliphatic rings. The van der Waals surface area contributed by atoms with Crippen molar-refractivity contribution in [2.24, 2.45) is 0 Å². The average Bonchev–Trinajstić information content (AvgIpc) is 3.19. The molecular weight excluding hydrogens is 428 g/mol. The van der Waals surface area contributed by atoms with Gasteiger partial charge in [0.05, 0.1) is 17.8 Å². The molecule has 0 saturated carbocycles. The molecule has 0 bridgehead atoms. The number of methoxy groups -OCH3 is 1. The monoisotopic (exact) mass is 453 g/mol. The molecule has 10 heteroatoms. The molecule has 2 aromatic rings. The highest BCUT2D eigenvalue weighted by molar-refractivity contribution is 6.30. The van der Waals surface area contributed by atoms with E-state index >= 15 is 0 Å². The Morgan fingerprint density at radius 3 is 2.65 bits per heavy atom. The Bertz CT molecular complexity index is 887. The summed E-state index contributed by atoms with van der Waals surface area (Å²) in [4.78, 5) is 12.6. The van der Waals surface area contributed by atoms with E-state index in [2.05, 4.69) is 26.8 Å². The second-order valence-electron chi connectivity index (χ2n) is 7.41. The fourth-order valence-electron chi connectivity index (χ4n) is 3.35. The standard InChI is InChI=1S/C21H26ClF2N5O2/c1-12(11-31-2)25-21(27-20(30)14-5-8-16(22)17(24)9-14)26-19-10-18(28-29-19)13-3-6-15(23)7-4-13/h3-9,12,18-19,21,25-26,28-29H,10-11H2,1-2H3,(H,27,30)/t12-,18?,19?,21?/m0/s1. The summed E-state index contributed by atoms with van der Waals surface area (Å²) in [6, 6.07) is 10.1. The van der Waals surface area contributed by atoms with Crippen LogP contribution in [0.25, 0.3) is 0 Å². The predicted octanol–water partition coefficient (Wildman–Crippen LogP) is 2.41. The molecule has 31 heavy (non-hydrogen) atoms. The van der Waals surface area contributed by atoms with E-state index in [1.54, 1.807) is 19.2 Å². The van der Waals surface area contributed by atoms with Gasteiger partial charge in [-0.3, -0.25) is 15.4 Å². The molecule has 3 unspecified atom stereocenters. The van der Waals surface area contributed by atoms with Crippen LogP contribution in [0.3, 0.4) is 0 Å². The molecule has 4 atom stereocenters. The van der Waals surface area contributed by atoms with E-state index in [-0.39, 0.29) is 34.7 Å². The first-order chi connectivity index (χ1) is 14.9. The molecule has 7 nitrogen and oxygen atoms in total. The lowest BCUT2D eigenvalue weighted by Crippen LogP contribution is -2.62. The van der Waals surface area contributed by atoms with Gasteiger partial charge in [-0.05, 0) is 49.2 Å². The zero-order valence-electron chi connectivity index (χ0n) is 17.2. The molecule has 1 amide bonds. The van der Waals surface area contributed by atoms with E-state index in [9.17, 15) is 13.6 Å². The summed E-state index contributed by atoms with van der Waals surface area (Å²) in [5.74, 6) is -1.42. The first kappa shape index (κ1) is 23.5. The van der Waals surface area contributed by atoms with Crippen LogP contribution in [0.1, 0.15) is 35.3 Å². The van der Waals surface area contributed by atoms with Gasteiger partial charge in [-0.2, -0.15) is 0 Å². The normalized spacial score (nSPS) is 20.4. The van der Waals surface area contributed by atoms with Crippen LogP contribution in [-0.4, -0.2) is 38.1 Å². The number of hydrazine groups is 1. The highest BCUT2D eigenvalue weighted by Gasteiger charge is 2.28. The maximum absolute atomic E-state index is 13.7. The van der Waals surface area contributed by atoms with Crippen molar-refractivity contribution in [2.75, 3.05) is 13.7 Å². The molecule has 1 heterocycles. The van der Waals surface area contributed by atoms with Gasteiger partial charge >= 0.3 is 0 Å². The molecular formula is C21H26ClF2N5O2. The van der Waals surface area contributed by atoms with Crippen LogP contribution >= 0.6 is 11.6 Å². The van der Waals surface area contributed by atoms with E-state index < -0.39 is 18.0 Å². The highest BCUT2D eigenvalue weighted by atomic mass is 35.5. The minimum atomic E-state index is -0.664. The summed E-state index contributed by atoms with van der Waals surface area (Å²) in [6.07, 6.45) is -0.194. The Labute approximate surface area is 184 Å². The third kappa shape index (κ3) is 6.67. The lowest BCUT2D eigenvalue weighted by Gasteiger charge is -2.27. The van der Waals surface area contributed by atoms with Gasteiger partial charge in [0.2, 0.25) is 0 Å². The van der Waals surface area contributed by atoms with Crippen molar-refractivity contribution in [2.45, 2.75) is 37.9 Å². The molecule has 0 radical (unpaired) electrons. The number of rotatable bonds is 9. The first-order valence-corrected chi connectivity index (χ1v) is 10.3. The maximum atomic E-state index is 13.7. The van der Waals surface area contributed by atoms with Gasteiger partial charge in [-0.1, -0.05) is 23.7 Å². The maximum Gasteiger partial charge on any atom is 0.253 e. The number of amides is 1. The Kier molecular flexibility index (Phi) is 8.30. The number of nitrogens with one attached hydrogen (secondary N) is 5. The molecule has 3 rings (SSSR count). The number of carbonyl (C=O) groups is 1. The highest BCUT2D eigenvalue weighted by Crippen LogP contribution is 2.21. The van der Waals surface area contributed by atoms with Crippen LogP contribution in [0.15, 0.2) is 42.5 Å². The SMILES string of the molecule is COC[C@H](C)NC(NC(=O)c1ccc(Cl)c(F)c1)NC1CC(c2ccc(F)cc2)NN1. The van der Waals surface area contributed by atoms with Crippen LogP contribution in [0, 0.1) is 11.6 Å². The third-order valence-electron chi connectivity index (χ3n) is 4.87. The lowest BCUT2D eigenvalue weighted by atomic mass is 10.0. The Balaban J connectivity index is 1.65. The average molecular weight is 454 g/mol. The Hall–Kier alpha value is -2.14. The van der Waals surface area contributed by atoms with Crippen LogP contribution < -0.4 is 26.8 Å². The number of hydrogen-bond acceptors (Lipinski definition) is 6. The predicted molar refractivity (Wildman–Crippen MR) is 114 cm³/mol. The van der Waals surface area contributed by atoms with Crippen LogP contribution in [0.4, 0.5) is 8.78 Å². The summed E-state index contributed by atoms with van der Waals surface area (Å²) in [5.41, 5.74) is 7.38. The summed E-state index contributed by atoms with van der Waals surface area (Å²) in [5, 5.41) is 9.27. The van der Waals surface area contributed by atoms with Crippen molar-refractivity contribution in [1.29, 1.82) is 0 Å². The summed E-state index contributed by atoms with van der Waals surface area (Å²) in [7, 11) is 1.59. The third-order valence-corrected chi connectivity index (χ3v) is 5.18. The molecule has 2 aromatic carbocycles. The number of benzene rings is 2. The molecule has 1 fully saturated rings. The van der Waals surface area contributed by atoms with Gasteiger partial charge in [0.1, 0.15) is 17.9 Å². The van der Waals surface area contributed by atoms with E-state index in [1.807, 2.05) is 6.92 Å². The van der Waals surface area contributed by atoms with Crippen molar-refractivity contribution < 1.29 is 18.3 Å². The smallest absolute Gasteiger partial charge is 0.253 e. The van der Waals surface area contributed by atoms with E-state index in [1.165, 1.54) is 24.3 Å². The van der Waals surface area contributed by atoms with E-state index in [0.717, 1.165) is 11.6 Å². The van der Waals surface area contributed by atoms with Crippen LogP contribution in [0.5, 0.6) is 0 Å². The Morgan fingerprint density at radius 2 is 1.97 bits per heavy atom. The molecule has 5 N–H and O–H groups in total. The van der Waals surface area contributed by atoms with Gasteiger partial charge < -0.3 is 10.1 Å². The second kappa shape index (κ2) is 10.9. The lowest BCUT2D eigenvalue weighted by molar-refractivity contribution is 0.0895. The number of carbonyl (C=O) groups excluding carboxylic acids is 1. The molecule has 0 aromatic heterocycles.